The Morgan fingerprint density at radius 3 is 2.91 bits per heavy atom. The molecule has 1 fully saturated rings. The van der Waals surface area contributed by atoms with Crippen LogP contribution in [0.2, 0.25) is 0 Å². The molecule has 1 saturated heterocycles. The molecule has 5 heteroatoms. The monoisotopic (exact) mass is 312 g/mol. The smallest absolute Gasteiger partial charge is 0.251 e. The molecule has 23 heavy (non-hydrogen) atoms. The van der Waals surface area contributed by atoms with Gasteiger partial charge in [0.05, 0.1) is 6.33 Å². The number of carbonyl (C=O) groups is 1. The lowest BCUT2D eigenvalue weighted by Crippen LogP contribution is -2.33. The van der Waals surface area contributed by atoms with Crippen molar-refractivity contribution >= 4 is 5.91 Å². The molecule has 122 valence electrons. The van der Waals surface area contributed by atoms with Gasteiger partial charge < -0.3 is 15.2 Å². The Kier molecular flexibility index (Phi) is 5.42. The van der Waals surface area contributed by atoms with Crippen molar-refractivity contribution in [1.29, 1.82) is 0 Å². The second-order valence-electron chi connectivity index (χ2n) is 6.19. The van der Waals surface area contributed by atoms with Gasteiger partial charge in [-0.05, 0) is 56.0 Å². The molecule has 2 N–H and O–H groups in total. The maximum Gasteiger partial charge on any atom is 0.251 e. The molecule has 2 heterocycles. The van der Waals surface area contributed by atoms with E-state index >= 15 is 0 Å². The molecule has 1 atom stereocenters. The summed E-state index contributed by atoms with van der Waals surface area (Å²) in [4.78, 5) is 16.2. The quantitative estimate of drug-likeness (QED) is 0.858. The first-order valence-electron chi connectivity index (χ1n) is 8.35. The van der Waals surface area contributed by atoms with E-state index in [-0.39, 0.29) is 5.91 Å². The Balaban J connectivity index is 1.45. The van der Waals surface area contributed by atoms with Crippen LogP contribution in [0, 0.1) is 5.92 Å². The van der Waals surface area contributed by atoms with E-state index in [4.69, 9.17) is 0 Å². The predicted octanol–water partition coefficient (Wildman–Crippen LogP) is 2.05. The Morgan fingerprint density at radius 2 is 2.22 bits per heavy atom. The molecule has 1 amide bonds. The van der Waals surface area contributed by atoms with Gasteiger partial charge in [0.25, 0.3) is 5.91 Å². The summed E-state index contributed by atoms with van der Waals surface area (Å²) >= 11 is 0. The highest BCUT2D eigenvalue weighted by atomic mass is 16.1. The minimum Gasteiger partial charge on any atom is -0.352 e. The largest absolute Gasteiger partial charge is 0.352 e. The number of benzene rings is 1. The number of aromatic nitrogens is 2. The summed E-state index contributed by atoms with van der Waals surface area (Å²) in [5, 5.41) is 6.44. The molecule has 0 bridgehead atoms. The lowest BCUT2D eigenvalue weighted by molar-refractivity contribution is 0.0950. The molecule has 0 saturated carbocycles. The lowest BCUT2D eigenvalue weighted by atomic mass is 9.96. The van der Waals surface area contributed by atoms with Gasteiger partial charge in [-0.15, -0.1) is 0 Å². The van der Waals surface area contributed by atoms with E-state index in [9.17, 15) is 4.79 Å². The highest BCUT2D eigenvalue weighted by molar-refractivity contribution is 5.94. The maximum atomic E-state index is 12.2. The number of carbonyl (C=O) groups excluding carboxylic acids is 1. The van der Waals surface area contributed by atoms with Crippen molar-refractivity contribution in [1.82, 2.24) is 20.2 Å². The number of hydrogen-bond donors (Lipinski definition) is 2. The van der Waals surface area contributed by atoms with Crippen molar-refractivity contribution < 1.29 is 4.79 Å². The number of nitrogens with zero attached hydrogens (tertiary/aromatic N) is 2. The zero-order chi connectivity index (χ0) is 15.9. The first kappa shape index (κ1) is 15.7. The fraction of sp³-hybridized carbons (Fsp3) is 0.444. The standard InChI is InChI=1S/C18H24N4O/c23-18(21-9-7-15-2-1-8-19-12-15)17-5-3-16(4-6-17)13-22-11-10-20-14-22/h3-6,10-11,14-15,19H,1-2,7-9,12-13H2,(H,21,23). The minimum absolute atomic E-state index is 0.0166. The van der Waals surface area contributed by atoms with Crippen molar-refractivity contribution in [2.24, 2.45) is 5.92 Å². The molecule has 2 aromatic rings. The number of rotatable bonds is 6. The van der Waals surface area contributed by atoms with Gasteiger partial charge in [0.1, 0.15) is 0 Å². The number of imidazole rings is 1. The molecule has 5 nitrogen and oxygen atoms in total. The molecule has 1 aliphatic rings. The molecule has 1 unspecified atom stereocenters. The van der Waals surface area contributed by atoms with E-state index in [1.165, 1.54) is 12.8 Å². The Labute approximate surface area is 137 Å². The van der Waals surface area contributed by atoms with Crippen LogP contribution in [0.1, 0.15) is 35.2 Å². The predicted molar refractivity (Wildman–Crippen MR) is 90.3 cm³/mol. The third-order valence-corrected chi connectivity index (χ3v) is 4.38. The second kappa shape index (κ2) is 7.92. The van der Waals surface area contributed by atoms with Gasteiger partial charge in [0.15, 0.2) is 0 Å². The normalized spacial score (nSPS) is 17.8. The summed E-state index contributed by atoms with van der Waals surface area (Å²) in [6.45, 7) is 3.74. The van der Waals surface area contributed by atoms with E-state index < -0.39 is 0 Å². The topological polar surface area (TPSA) is 59.0 Å². The molecule has 0 radical (unpaired) electrons. The van der Waals surface area contributed by atoms with E-state index in [1.54, 1.807) is 12.5 Å². The van der Waals surface area contributed by atoms with Gasteiger partial charge in [0.2, 0.25) is 0 Å². The molecule has 1 aliphatic heterocycles. The van der Waals surface area contributed by atoms with E-state index in [1.807, 2.05) is 35.0 Å². The van der Waals surface area contributed by atoms with Gasteiger partial charge in [-0.25, -0.2) is 4.98 Å². The van der Waals surface area contributed by atoms with Gasteiger partial charge >= 0.3 is 0 Å². The molecule has 0 spiro atoms. The molecule has 3 rings (SSSR count). The second-order valence-corrected chi connectivity index (χ2v) is 6.19. The summed E-state index contributed by atoms with van der Waals surface area (Å²) in [6.07, 6.45) is 9.06. The summed E-state index contributed by atoms with van der Waals surface area (Å²) in [5.41, 5.74) is 1.88. The average molecular weight is 312 g/mol. The highest BCUT2D eigenvalue weighted by Gasteiger charge is 2.13. The van der Waals surface area contributed by atoms with Crippen LogP contribution in [0.15, 0.2) is 43.0 Å². The zero-order valence-corrected chi connectivity index (χ0v) is 13.4. The van der Waals surface area contributed by atoms with Crippen LogP contribution in [-0.4, -0.2) is 35.1 Å². The summed E-state index contributed by atoms with van der Waals surface area (Å²) in [6, 6.07) is 7.79. The third-order valence-electron chi connectivity index (χ3n) is 4.38. The minimum atomic E-state index is 0.0166. The first-order valence-corrected chi connectivity index (χ1v) is 8.35. The molecular formula is C18H24N4O. The van der Waals surface area contributed by atoms with Crippen LogP contribution in [0.5, 0.6) is 0 Å². The molecule has 1 aromatic heterocycles. The summed E-state index contributed by atoms with van der Waals surface area (Å²) < 4.78 is 2.01. The fourth-order valence-corrected chi connectivity index (χ4v) is 3.01. The van der Waals surface area contributed by atoms with Gasteiger partial charge in [-0.2, -0.15) is 0 Å². The van der Waals surface area contributed by atoms with Gasteiger partial charge in [0, 0.05) is 31.0 Å². The van der Waals surface area contributed by atoms with E-state index in [0.29, 0.717) is 5.92 Å². The maximum absolute atomic E-state index is 12.2. The molecule has 1 aromatic carbocycles. The number of amides is 1. The number of piperidine rings is 1. The van der Waals surface area contributed by atoms with Crippen LogP contribution in [0.4, 0.5) is 0 Å². The Morgan fingerprint density at radius 1 is 1.35 bits per heavy atom. The average Bonchev–Trinajstić information content (AvgIpc) is 3.09. The molecule has 0 aliphatic carbocycles. The fourth-order valence-electron chi connectivity index (χ4n) is 3.01. The van der Waals surface area contributed by atoms with Crippen LogP contribution < -0.4 is 10.6 Å². The van der Waals surface area contributed by atoms with Crippen LogP contribution >= 0.6 is 0 Å². The van der Waals surface area contributed by atoms with Crippen LogP contribution in [0.25, 0.3) is 0 Å². The van der Waals surface area contributed by atoms with Crippen molar-refractivity contribution in [2.45, 2.75) is 25.8 Å². The van der Waals surface area contributed by atoms with Crippen molar-refractivity contribution in [3.8, 4) is 0 Å². The van der Waals surface area contributed by atoms with Gasteiger partial charge in [-0.1, -0.05) is 12.1 Å². The summed E-state index contributed by atoms with van der Waals surface area (Å²) in [7, 11) is 0. The Bertz CT molecular complexity index is 600. The van der Waals surface area contributed by atoms with Crippen molar-refractivity contribution in [3.05, 3.63) is 54.1 Å². The number of hydrogen-bond acceptors (Lipinski definition) is 3. The summed E-state index contributed by atoms with van der Waals surface area (Å²) in [5.74, 6) is 0.713. The lowest BCUT2D eigenvalue weighted by Gasteiger charge is -2.22. The third kappa shape index (κ3) is 4.66. The Hall–Kier alpha value is -2.14. The van der Waals surface area contributed by atoms with Gasteiger partial charge in [-0.3, -0.25) is 4.79 Å². The van der Waals surface area contributed by atoms with Crippen molar-refractivity contribution in [3.63, 3.8) is 0 Å². The van der Waals surface area contributed by atoms with Crippen LogP contribution in [0.3, 0.4) is 0 Å². The zero-order valence-electron chi connectivity index (χ0n) is 13.4. The first-order chi connectivity index (χ1) is 11.3. The van der Waals surface area contributed by atoms with Crippen molar-refractivity contribution in [2.75, 3.05) is 19.6 Å². The highest BCUT2D eigenvalue weighted by Crippen LogP contribution is 2.13. The number of nitrogens with one attached hydrogen (secondary N) is 2. The SMILES string of the molecule is O=C(NCCC1CCCNC1)c1ccc(Cn2ccnc2)cc1. The molecular weight excluding hydrogens is 288 g/mol. The van der Waals surface area contributed by atoms with E-state index in [0.717, 1.165) is 43.7 Å². The van der Waals surface area contributed by atoms with E-state index in [2.05, 4.69) is 15.6 Å². The van der Waals surface area contributed by atoms with Crippen LogP contribution in [-0.2, 0) is 6.54 Å².